The Morgan fingerprint density at radius 3 is 2.93 bits per heavy atom. The molecule has 1 aliphatic rings. The average Bonchev–Trinajstić information content (AvgIpc) is 3.38. The molecule has 1 unspecified atom stereocenters. The van der Waals surface area contributed by atoms with Crippen LogP contribution in [0.2, 0.25) is 0 Å². The van der Waals surface area contributed by atoms with Gasteiger partial charge in [0.1, 0.15) is 24.8 Å². The van der Waals surface area contributed by atoms with Crippen molar-refractivity contribution in [2.45, 2.75) is 6.42 Å². The van der Waals surface area contributed by atoms with Crippen molar-refractivity contribution in [3.63, 3.8) is 0 Å². The third-order valence-electron chi connectivity index (χ3n) is 4.59. The van der Waals surface area contributed by atoms with Gasteiger partial charge < -0.3 is 29.4 Å². The molecule has 1 aromatic carbocycles. The van der Waals surface area contributed by atoms with Crippen molar-refractivity contribution in [2.75, 3.05) is 38.7 Å². The quantitative estimate of drug-likeness (QED) is 0.678. The molecule has 2 N–H and O–H groups in total. The summed E-state index contributed by atoms with van der Waals surface area (Å²) in [7, 11) is 1.58. The number of hydrogen-bond acceptors (Lipinski definition) is 6. The number of likely N-dealkylation sites (tertiary alicyclic amines) is 1. The highest BCUT2D eigenvalue weighted by molar-refractivity contribution is 5.92. The van der Waals surface area contributed by atoms with E-state index in [2.05, 4.69) is 16.4 Å². The van der Waals surface area contributed by atoms with E-state index in [-0.39, 0.29) is 12.5 Å². The molecule has 0 aliphatic carbocycles. The van der Waals surface area contributed by atoms with Crippen molar-refractivity contribution in [1.82, 2.24) is 14.5 Å². The van der Waals surface area contributed by atoms with Gasteiger partial charge in [-0.1, -0.05) is 0 Å². The number of nitriles is 1. The highest BCUT2D eigenvalue weighted by atomic mass is 16.5. The van der Waals surface area contributed by atoms with E-state index in [1.165, 1.54) is 11.2 Å². The first kappa shape index (κ1) is 20.2. The third kappa shape index (κ3) is 4.83. The van der Waals surface area contributed by atoms with Gasteiger partial charge in [0.25, 0.3) is 0 Å². The van der Waals surface area contributed by atoms with Crippen LogP contribution < -0.4 is 10.1 Å². The van der Waals surface area contributed by atoms with Gasteiger partial charge in [0.15, 0.2) is 5.82 Å². The minimum absolute atomic E-state index is 0.168. The van der Waals surface area contributed by atoms with Gasteiger partial charge in [-0.25, -0.2) is 9.78 Å². The number of aromatic nitrogens is 2. The molecular weight excluding hydrogens is 378 g/mol. The SMILES string of the molecule is COCCOc1ccc(C#N)c(-n2cnc(NC(=O)C3CCN(C(=O)O)C3)c2)c1. The van der Waals surface area contributed by atoms with Gasteiger partial charge in [-0.3, -0.25) is 4.79 Å². The minimum Gasteiger partial charge on any atom is -0.491 e. The van der Waals surface area contributed by atoms with E-state index in [4.69, 9.17) is 14.6 Å². The van der Waals surface area contributed by atoms with Gasteiger partial charge in [0, 0.05) is 26.3 Å². The number of amides is 2. The normalized spacial score (nSPS) is 15.7. The van der Waals surface area contributed by atoms with Gasteiger partial charge in [-0.15, -0.1) is 0 Å². The van der Waals surface area contributed by atoms with Crippen LogP contribution in [-0.2, 0) is 9.53 Å². The van der Waals surface area contributed by atoms with Crippen LogP contribution in [0.4, 0.5) is 10.6 Å². The fourth-order valence-corrected chi connectivity index (χ4v) is 3.05. The molecule has 1 atom stereocenters. The molecule has 0 saturated carbocycles. The molecule has 0 radical (unpaired) electrons. The second kappa shape index (κ2) is 9.07. The van der Waals surface area contributed by atoms with Crippen LogP contribution in [0.15, 0.2) is 30.7 Å². The Labute approximate surface area is 167 Å². The Kier molecular flexibility index (Phi) is 6.31. The second-order valence-corrected chi connectivity index (χ2v) is 6.50. The fourth-order valence-electron chi connectivity index (χ4n) is 3.05. The van der Waals surface area contributed by atoms with Crippen LogP contribution in [0.25, 0.3) is 5.69 Å². The Hall–Kier alpha value is -3.58. The Morgan fingerprint density at radius 2 is 2.24 bits per heavy atom. The number of carbonyl (C=O) groups is 2. The molecule has 10 nitrogen and oxygen atoms in total. The summed E-state index contributed by atoms with van der Waals surface area (Å²) in [6.45, 7) is 1.32. The van der Waals surface area contributed by atoms with Crippen LogP contribution >= 0.6 is 0 Å². The van der Waals surface area contributed by atoms with Gasteiger partial charge in [-0.05, 0) is 18.6 Å². The highest BCUT2D eigenvalue weighted by Gasteiger charge is 2.31. The number of rotatable bonds is 7. The molecule has 1 aromatic heterocycles. The maximum Gasteiger partial charge on any atom is 0.407 e. The number of nitrogens with one attached hydrogen (secondary N) is 1. The van der Waals surface area contributed by atoms with Crippen LogP contribution in [0, 0.1) is 17.2 Å². The largest absolute Gasteiger partial charge is 0.491 e. The monoisotopic (exact) mass is 399 g/mol. The summed E-state index contributed by atoms with van der Waals surface area (Å²) in [5.74, 6) is 0.202. The number of imidazole rings is 1. The van der Waals surface area contributed by atoms with Gasteiger partial charge in [-0.2, -0.15) is 5.26 Å². The zero-order valence-corrected chi connectivity index (χ0v) is 15.9. The highest BCUT2D eigenvalue weighted by Crippen LogP contribution is 2.23. The van der Waals surface area contributed by atoms with Crippen LogP contribution in [-0.4, -0.2) is 65.0 Å². The molecule has 2 heterocycles. The zero-order valence-electron chi connectivity index (χ0n) is 15.9. The van der Waals surface area contributed by atoms with E-state index >= 15 is 0 Å². The summed E-state index contributed by atoms with van der Waals surface area (Å²) >= 11 is 0. The topological polar surface area (TPSA) is 130 Å². The van der Waals surface area contributed by atoms with Gasteiger partial charge in [0.2, 0.25) is 5.91 Å². The van der Waals surface area contributed by atoms with E-state index in [1.54, 1.807) is 36.1 Å². The fraction of sp³-hybridized carbons (Fsp3) is 0.368. The number of ether oxygens (including phenoxy) is 2. The predicted molar refractivity (Wildman–Crippen MR) is 102 cm³/mol. The van der Waals surface area contributed by atoms with E-state index in [1.807, 2.05) is 0 Å². The maximum absolute atomic E-state index is 12.4. The summed E-state index contributed by atoms with van der Waals surface area (Å²) in [4.78, 5) is 28.8. The lowest BCUT2D eigenvalue weighted by atomic mass is 10.1. The summed E-state index contributed by atoms with van der Waals surface area (Å²) in [6.07, 6.45) is 2.53. The lowest BCUT2D eigenvalue weighted by molar-refractivity contribution is -0.119. The van der Waals surface area contributed by atoms with E-state index in [9.17, 15) is 14.9 Å². The zero-order chi connectivity index (χ0) is 20.8. The number of nitrogens with zero attached hydrogens (tertiary/aromatic N) is 4. The first-order valence-corrected chi connectivity index (χ1v) is 9.00. The number of methoxy groups -OCH3 is 1. The smallest absolute Gasteiger partial charge is 0.407 e. The maximum atomic E-state index is 12.4. The molecule has 10 heteroatoms. The van der Waals surface area contributed by atoms with Crippen molar-refractivity contribution < 1.29 is 24.2 Å². The number of hydrogen-bond donors (Lipinski definition) is 2. The Bertz CT molecular complexity index is 935. The predicted octanol–water partition coefficient (Wildman–Crippen LogP) is 1.71. The third-order valence-corrected chi connectivity index (χ3v) is 4.59. The molecule has 0 spiro atoms. The Morgan fingerprint density at radius 1 is 1.41 bits per heavy atom. The second-order valence-electron chi connectivity index (χ2n) is 6.50. The molecule has 2 amide bonds. The number of anilines is 1. The first-order valence-electron chi connectivity index (χ1n) is 9.00. The van der Waals surface area contributed by atoms with Crippen LogP contribution in [0.5, 0.6) is 5.75 Å². The molecule has 1 fully saturated rings. The molecule has 152 valence electrons. The van der Waals surface area contributed by atoms with Crippen LogP contribution in [0.1, 0.15) is 12.0 Å². The molecule has 0 bridgehead atoms. The number of carbonyl (C=O) groups excluding carboxylic acids is 1. The van der Waals surface area contributed by atoms with Gasteiger partial charge >= 0.3 is 6.09 Å². The summed E-state index contributed by atoms with van der Waals surface area (Å²) in [5, 5.41) is 21.1. The average molecular weight is 399 g/mol. The molecule has 29 heavy (non-hydrogen) atoms. The Balaban J connectivity index is 1.71. The summed E-state index contributed by atoms with van der Waals surface area (Å²) in [5.41, 5.74) is 0.987. The number of benzene rings is 1. The molecular formula is C19H21N5O5. The van der Waals surface area contributed by atoms with E-state index < -0.39 is 12.0 Å². The van der Waals surface area contributed by atoms with Crippen LogP contribution in [0.3, 0.4) is 0 Å². The van der Waals surface area contributed by atoms with Crippen molar-refractivity contribution in [3.8, 4) is 17.5 Å². The van der Waals surface area contributed by atoms with Gasteiger partial charge in [0.05, 0.1) is 30.0 Å². The lowest BCUT2D eigenvalue weighted by Gasteiger charge is -2.11. The van der Waals surface area contributed by atoms with Crippen molar-refractivity contribution >= 4 is 17.8 Å². The molecule has 1 saturated heterocycles. The van der Waals surface area contributed by atoms with Crippen molar-refractivity contribution in [2.24, 2.45) is 5.92 Å². The molecule has 1 aliphatic heterocycles. The first-order chi connectivity index (χ1) is 14.0. The van der Waals surface area contributed by atoms with E-state index in [0.717, 1.165) is 0 Å². The summed E-state index contributed by atoms with van der Waals surface area (Å²) in [6, 6.07) is 7.18. The van der Waals surface area contributed by atoms with E-state index in [0.29, 0.717) is 49.0 Å². The standard InChI is InChI=1S/C19H21N5O5/c1-28-6-7-29-15-3-2-13(9-20)16(8-15)24-11-17(21-12-24)22-18(25)14-4-5-23(10-14)19(26)27/h2-3,8,11-12,14H,4-7,10H2,1H3,(H,22,25)(H,26,27). The molecule has 2 aromatic rings. The lowest BCUT2D eigenvalue weighted by Crippen LogP contribution is -2.30. The molecule has 3 rings (SSSR count). The summed E-state index contributed by atoms with van der Waals surface area (Å²) < 4.78 is 12.2. The van der Waals surface area contributed by atoms with Crippen molar-refractivity contribution in [1.29, 1.82) is 5.26 Å². The minimum atomic E-state index is -1.03. The number of carboxylic acid groups (broad SMARTS) is 1. The van der Waals surface area contributed by atoms with Crippen molar-refractivity contribution in [3.05, 3.63) is 36.3 Å².